The van der Waals surface area contributed by atoms with Gasteiger partial charge in [0.15, 0.2) is 0 Å². The van der Waals surface area contributed by atoms with Crippen molar-refractivity contribution in [3.63, 3.8) is 0 Å². The molecule has 1 rings (SSSR count). The van der Waals surface area contributed by atoms with Crippen molar-refractivity contribution in [1.29, 1.82) is 0 Å². The van der Waals surface area contributed by atoms with Gasteiger partial charge >= 0.3 is 0 Å². The van der Waals surface area contributed by atoms with Crippen LogP contribution in [-0.4, -0.2) is 42.9 Å². The van der Waals surface area contributed by atoms with Crippen molar-refractivity contribution >= 4 is 29.1 Å². The lowest BCUT2D eigenvalue weighted by atomic mass is 10.1. The summed E-state index contributed by atoms with van der Waals surface area (Å²) in [5, 5.41) is 6.13. The molecule has 2 N–H and O–H groups in total. The Hall–Kier alpha value is -1.59. The van der Waals surface area contributed by atoms with E-state index in [-0.39, 0.29) is 30.9 Å². The van der Waals surface area contributed by atoms with Gasteiger partial charge in [-0.1, -0.05) is 37.6 Å². The minimum atomic E-state index is -0.208. The number of halogens is 1. The van der Waals surface area contributed by atoms with E-state index in [0.717, 1.165) is 0 Å². The third-order valence-corrected chi connectivity index (χ3v) is 3.69. The van der Waals surface area contributed by atoms with E-state index in [1.54, 1.807) is 36.2 Å². The Bertz CT molecular complexity index is 520. The fraction of sp³-hybridized carbons (Fsp3) is 0.500. The van der Waals surface area contributed by atoms with Gasteiger partial charge in [0, 0.05) is 6.04 Å². The molecule has 1 atom stereocenters. The fourth-order valence-corrected chi connectivity index (χ4v) is 1.95. The Balaban J connectivity index is 2.41. The minimum Gasteiger partial charge on any atom is -0.352 e. The van der Waals surface area contributed by atoms with Crippen molar-refractivity contribution in [3.05, 3.63) is 29.3 Å². The van der Waals surface area contributed by atoms with E-state index in [2.05, 4.69) is 10.6 Å². The Morgan fingerprint density at radius 3 is 2.32 bits per heavy atom. The van der Waals surface area contributed by atoms with E-state index in [0.29, 0.717) is 16.6 Å². The maximum absolute atomic E-state index is 11.9. The zero-order valence-electron chi connectivity index (χ0n) is 13.5. The van der Waals surface area contributed by atoms with Crippen molar-refractivity contribution in [2.75, 3.05) is 25.5 Å². The van der Waals surface area contributed by atoms with E-state index >= 15 is 0 Å². The summed E-state index contributed by atoms with van der Waals surface area (Å²) in [5.74, 6) is 0.0762. The maximum Gasteiger partial charge on any atom is 0.238 e. The molecule has 0 aliphatic carbocycles. The molecule has 6 heteroatoms. The number of hydrogen-bond donors (Lipinski definition) is 2. The summed E-state index contributed by atoms with van der Waals surface area (Å²) in [4.78, 5) is 25.5. The molecule has 0 radical (unpaired) electrons. The Labute approximate surface area is 137 Å². The summed E-state index contributed by atoms with van der Waals surface area (Å²) in [7, 11) is 1.73. The van der Waals surface area contributed by atoms with Gasteiger partial charge in [0.1, 0.15) is 0 Å². The molecule has 1 aromatic rings. The first-order valence-corrected chi connectivity index (χ1v) is 7.69. The number of anilines is 1. The van der Waals surface area contributed by atoms with Gasteiger partial charge in [-0.15, -0.1) is 0 Å². The smallest absolute Gasteiger partial charge is 0.238 e. The fourth-order valence-electron chi connectivity index (χ4n) is 1.76. The average Bonchev–Trinajstić information content (AvgIpc) is 2.40. The lowest BCUT2D eigenvalue weighted by molar-refractivity contribution is -0.123. The van der Waals surface area contributed by atoms with Crippen LogP contribution in [0.25, 0.3) is 0 Å². The molecule has 2 amide bonds. The van der Waals surface area contributed by atoms with Gasteiger partial charge in [-0.25, -0.2) is 0 Å². The first kappa shape index (κ1) is 18.5. The third kappa shape index (κ3) is 6.45. The number of amides is 2. The molecule has 0 saturated heterocycles. The SMILES string of the molecule is CC(C)[C@H](C)NC(=O)CN(C)CC(=O)Nc1ccccc1Cl. The highest BCUT2D eigenvalue weighted by atomic mass is 35.5. The second-order valence-corrected chi connectivity index (χ2v) is 6.21. The molecule has 0 spiro atoms. The normalized spacial score (nSPS) is 12.3. The number of hydrogen-bond acceptors (Lipinski definition) is 3. The molecule has 0 aliphatic heterocycles. The Morgan fingerprint density at radius 2 is 1.73 bits per heavy atom. The highest BCUT2D eigenvalue weighted by Crippen LogP contribution is 2.20. The van der Waals surface area contributed by atoms with E-state index in [1.165, 1.54) is 0 Å². The number of rotatable bonds is 7. The van der Waals surface area contributed by atoms with Crippen molar-refractivity contribution in [2.24, 2.45) is 5.92 Å². The van der Waals surface area contributed by atoms with Crippen LogP contribution in [0.2, 0.25) is 5.02 Å². The van der Waals surface area contributed by atoms with E-state index in [9.17, 15) is 9.59 Å². The second-order valence-electron chi connectivity index (χ2n) is 5.80. The van der Waals surface area contributed by atoms with Crippen LogP contribution in [0, 0.1) is 5.92 Å². The minimum absolute atomic E-state index is 0.0887. The predicted octanol–water partition coefficient (Wildman–Crippen LogP) is 2.37. The van der Waals surface area contributed by atoms with Gasteiger partial charge in [0.2, 0.25) is 11.8 Å². The van der Waals surface area contributed by atoms with Crippen LogP contribution in [0.4, 0.5) is 5.69 Å². The maximum atomic E-state index is 11.9. The number of carbonyl (C=O) groups excluding carboxylic acids is 2. The van der Waals surface area contributed by atoms with Crippen molar-refractivity contribution in [2.45, 2.75) is 26.8 Å². The number of nitrogens with zero attached hydrogens (tertiary/aromatic N) is 1. The Kier molecular flexibility index (Phi) is 7.35. The van der Waals surface area contributed by atoms with Crippen molar-refractivity contribution in [1.82, 2.24) is 10.2 Å². The lowest BCUT2D eigenvalue weighted by Crippen LogP contribution is -2.43. The molecular weight excluding hydrogens is 302 g/mol. The van der Waals surface area contributed by atoms with Crippen LogP contribution in [0.5, 0.6) is 0 Å². The van der Waals surface area contributed by atoms with Crippen molar-refractivity contribution in [3.8, 4) is 0 Å². The molecule has 0 bridgehead atoms. The number of benzene rings is 1. The van der Waals surface area contributed by atoms with E-state index in [1.807, 2.05) is 20.8 Å². The van der Waals surface area contributed by atoms with Crippen molar-refractivity contribution < 1.29 is 9.59 Å². The second kappa shape index (κ2) is 8.76. The molecular formula is C16H24ClN3O2. The standard InChI is InChI=1S/C16H24ClN3O2/c1-11(2)12(3)18-15(21)9-20(4)10-16(22)19-14-8-6-5-7-13(14)17/h5-8,11-12H,9-10H2,1-4H3,(H,18,21)(H,19,22)/t12-/m0/s1. The first-order chi connectivity index (χ1) is 10.3. The molecule has 5 nitrogen and oxygen atoms in total. The highest BCUT2D eigenvalue weighted by Gasteiger charge is 2.14. The lowest BCUT2D eigenvalue weighted by Gasteiger charge is -2.20. The average molecular weight is 326 g/mol. The van der Waals surface area contributed by atoms with Crippen LogP contribution in [-0.2, 0) is 9.59 Å². The zero-order chi connectivity index (χ0) is 16.7. The summed E-state index contributed by atoms with van der Waals surface area (Å²) in [6.07, 6.45) is 0. The predicted molar refractivity (Wildman–Crippen MR) is 90.0 cm³/mol. The van der Waals surface area contributed by atoms with Gasteiger partial charge in [0.25, 0.3) is 0 Å². The monoisotopic (exact) mass is 325 g/mol. The summed E-state index contributed by atoms with van der Waals surface area (Å²) in [6, 6.07) is 7.15. The van der Waals surface area contributed by atoms with Gasteiger partial charge < -0.3 is 10.6 Å². The van der Waals surface area contributed by atoms with E-state index < -0.39 is 0 Å². The zero-order valence-corrected chi connectivity index (χ0v) is 14.3. The molecule has 0 fully saturated rings. The molecule has 0 unspecified atom stereocenters. The van der Waals surface area contributed by atoms with Crippen LogP contribution >= 0.6 is 11.6 Å². The van der Waals surface area contributed by atoms with Crippen LogP contribution in [0.3, 0.4) is 0 Å². The van der Waals surface area contributed by atoms with Crippen LogP contribution < -0.4 is 10.6 Å². The number of carbonyl (C=O) groups is 2. The molecule has 0 aliphatic rings. The van der Waals surface area contributed by atoms with Gasteiger partial charge in [-0.2, -0.15) is 0 Å². The Morgan fingerprint density at radius 1 is 1.14 bits per heavy atom. The molecule has 0 saturated carbocycles. The number of likely N-dealkylation sites (N-methyl/N-ethyl adjacent to an activating group) is 1. The summed E-state index contributed by atoms with van der Waals surface area (Å²) in [5.41, 5.74) is 0.570. The van der Waals surface area contributed by atoms with Crippen LogP contribution in [0.15, 0.2) is 24.3 Å². The van der Waals surface area contributed by atoms with E-state index in [4.69, 9.17) is 11.6 Å². The van der Waals surface area contributed by atoms with Gasteiger partial charge in [-0.05, 0) is 32.0 Å². The molecule has 22 heavy (non-hydrogen) atoms. The highest BCUT2D eigenvalue weighted by molar-refractivity contribution is 6.33. The molecule has 122 valence electrons. The third-order valence-electron chi connectivity index (χ3n) is 3.36. The van der Waals surface area contributed by atoms with Gasteiger partial charge in [-0.3, -0.25) is 14.5 Å². The molecule has 0 aromatic heterocycles. The first-order valence-electron chi connectivity index (χ1n) is 7.32. The quantitative estimate of drug-likeness (QED) is 0.809. The molecule has 1 aromatic carbocycles. The number of nitrogens with one attached hydrogen (secondary N) is 2. The largest absolute Gasteiger partial charge is 0.352 e. The van der Waals surface area contributed by atoms with Crippen LogP contribution in [0.1, 0.15) is 20.8 Å². The summed E-state index contributed by atoms with van der Waals surface area (Å²) >= 11 is 5.98. The topological polar surface area (TPSA) is 61.4 Å². The summed E-state index contributed by atoms with van der Waals surface area (Å²) in [6.45, 7) is 6.35. The summed E-state index contributed by atoms with van der Waals surface area (Å²) < 4.78 is 0. The number of para-hydroxylation sites is 1. The molecule has 0 heterocycles. The van der Waals surface area contributed by atoms with Gasteiger partial charge in [0.05, 0.1) is 23.8 Å².